The second kappa shape index (κ2) is 4.03. The summed E-state index contributed by atoms with van der Waals surface area (Å²) in [6, 6.07) is 0.0359. The Balaban J connectivity index is 2.07. The van der Waals surface area contributed by atoms with Crippen LogP contribution in [0.2, 0.25) is 0 Å². The number of nitrogens with two attached hydrogens (primary N) is 1. The Kier molecular flexibility index (Phi) is 3.05. The Morgan fingerprint density at radius 2 is 2.00 bits per heavy atom. The molecule has 2 fully saturated rings. The molecule has 0 amide bonds. The van der Waals surface area contributed by atoms with Crippen LogP contribution in [0.5, 0.6) is 0 Å². The van der Waals surface area contributed by atoms with Crippen molar-refractivity contribution in [1.82, 2.24) is 4.31 Å². The monoisotopic (exact) mass is 232 g/mol. The van der Waals surface area contributed by atoms with Gasteiger partial charge in [-0.15, -0.1) is 0 Å². The summed E-state index contributed by atoms with van der Waals surface area (Å²) in [5.41, 5.74) is 5.65. The second-order valence-electron chi connectivity index (χ2n) is 4.90. The first-order chi connectivity index (χ1) is 7.04. The third kappa shape index (κ3) is 2.34. The summed E-state index contributed by atoms with van der Waals surface area (Å²) in [5.74, 6) is 1.17. The fourth-order valence-corrected chi connectivity index (χ4v) is 4.56. The zero-order chi connectivity index (χ0) is 11.1. The molecule has 0 spiro atoms. The molecule has 88 valence electrons. The number of nitrogens with zero attached hydrogens (tertiary/aromatic N) is 1. The maximum absolute atomic E-state index is 12.1. The quantitative estimate of drug-likeness (QED) is 0.763. The first kappa shape index (κ1) is 11.4. The van der Waals surface area contributed by atoms with E-state index in [0.29, 0.717) is 30.7 Å². The minimum absolute atomic E-state index is 0.0359. The highest BCUT2D eigenvalue weighted by molar-refractivity contribution is 7.89. The van der Waals surface area contributed by atoms with Crippen LogP contribution in [-0.4, -0.2) is 37.6 Å². The molecule has 2 aliphatic rings. The Labute approximate surface area is 91.9 Å². The summed E-state index contributed by atoms with van der Waals surface area (Å²) in [4.78, 5) is 0. The van der Waals surface area contributed by atoms with Crippen molar-refractivity contribution < 1.29 is 8.42 Å². The number of hydrogen-bond donors (Lipinski definition) is 1. The van der Waals surface area contributed by atoms with E-state index in [1.54, 1.807) is 4.31 Å². The molecule has 0 radical (unpaired) electrons. The predicted octanol–water partition coefficient (Wildman–Crippen LogP) is 0.395. The molecule has 1 aliphatic heterocycles. The molecule has 2 unspecified atom stereocenters. The number of sulfonamides is 1. The van der Waals surface area contributed by atoms with Crippen molar-refractivity contribution in [2.75, 3.05) is 18.8 Å². The lowest BCUT2D eigenvalue weighted by Gasteiger charge is -2.24. The number of rotatable bonds is 4. The molecule has 1 saturated heterocycles. The summed E-state index contributed by atoms with van der Waals surface area (Å²) in [5, 5.41) is 0. The van der Waals surface area contributed by atoms with Gasteiger partial charge in [-0.05, 0) is 31.1 Å². The third-order valence-electron chi connectivity index (χ3n) is 3.57. The molecular weight excluding hydrogens is 212 g/mol. The zero-order valence-corrected chi connectivity index (χ0v) is 10.0. The zero-order valence-electron chi connectivity index (χ0n) is 9.22. The molecule has 0 aromatic carbocycles. The molecule has 4 nitrogen and oxygen atoms in total. The fourth-order valence-electron chi connectivity index (χ4n) is 2.35. The fraction of sp³-hybridized carbons (Fsp3) is 1.00. The summed E-state index contributed by atoms with van der Waals surface area (Å²) in [6.07, 6.45) is 3.11. The van der Waals surface area contributed by atoms with Crippen molar-refractivity contribution in [1.29, 1.82) is 0 Å². The van der Waals surface area contributed by atoms with Crippen LogP contribution in [0.15, 0.2) is 0 Å². The van der Waals surface area contributed by atoms with E-state index in [9.17, 15) is 8.42 Å². The molecule has 0 aromatic rings. The maximum atomic E-state index is 12.1. The Hall–Kier alpha value is -0.130. The van der Waals surface area contributed by atoms with Crippen LogP contribution in [0.4, 0.5) is 0 Å². The maximum Gasteiger partial charge on any atom is 0.214 e. The van der Waals surface area contributed by atoms with Gasteiger partial charge in [0.25, 0.3) is 0 Å². The Morgan fingerprint density at radius 1 is 1.33 bits per heavy atom. The van der Waals surface area contributed by atoms with Crippen LogP contribution in [0, 0.1) is 11.8 Å². The van der Waals surface area contributed by atoms with E-state index in [4.69, 9.17) is 5.73 Å². The lowest BCUT2D eigenvalue weighted by Crippen LogP contribution is -2.43. The van der Waals surface area contributed by atoms with Crippen molar-refractivity contribution in [2.24, 2.45) is 17.6 Å². The van der Waals surface area contributed by atoms with E-state index in [2.05, 4.69) is 6.92 Å². The van der Waals surface area contributed by atoms with Gasteiger partial charge in [0.2, 0.25) is 10.0 Å². The van der Waals surface area contributed by atoms with Gasteiger partial charge in [-0.3, -0.25) is 0 Å². The van der Waals surface area contributed by atoms with Crippen molar-refractivity contribution in [3.8, 4) is 0 Å². The molecule has 1 saturated carbocycles. The average Bonchev–Trinajstić information content (AvgIpc) is 2.85. The SMILES string of the molecule is CC1CCN(S(=O)(=O)CC2CC2)C1CN. The minimum Gasteiger partial charge on any atom is -0.329 e. The highest BCUT2D eigenvalue weighted by Crippen LogP contribution is 2.34. The van der Waals surface area contributed by atoms with E-state index in [0.717, 1.165) is 19.3 Å². The molecule has 1 heterocycles. The van der Waals surface area contributed by atoms with Crippen LogP contribution >= 0.6 is 0 Å². The second-order valence-corrected chi connectivity index (χ2v) is 6.87. The van der Waals surface area contributed by atoms with Crippen LogP contribution in [-0.2, 0) is 10.0 Å². The van der Waals surface area contributed by atoms with Gasteiger partial charge in [-0.2, -0.15) is 4.31 Å². The van der Waals surface area contributed by atoms with E-state index in [1.165, 1.54) is 0 Å². The highest BCUT2D eigenvalue weighted by atomic mass is 32.2. The normalized spacial score (nSPS) is 33.5. The summed E-state index contributed by atoms with van der Waals surface area (Å²) in [7, 11) is -3.04. The lowest BCUT2D eigenvalue weighted by molar-refractivity contribution is 0.354. The Morgan fingerprint density at radius 3 is 2.53 bits per heavy atom. The lowest BCUT2D eigenvalue weighted by atomic mass is 10.0. The number of hydrogen-bond acceptors (Lipinski definition) is 3. The minimum atomic E-state index is -3.04. The molecule has 5 heteroatoms. The van der Waals surface area contributed by atoms with Crippen LogP contribution in [0.25, 0.3) is 0 Å². The Bertz CT molecular complexity index is 324. The summed E-state index contributed by atoms with van der Waals surface area (Å²) < 4.78 is 25.8. The van der Waals surface area contributed by atoms with Gasteiger partial charge in [0, 0.05) is 19.1 Å². The van der Waals surface area contributed by atoms with E-state index in [1.807, 2.05) is 0 Å². The molecular formula is C10H20N2O2S. The highest BCUT2D eigenvalue weighted by Gasteiger charge is 2.40. The molecule has 1 aliphatic carbocycles. The summed E-state index contributed by atoms with van der Waals surface area (Å²) in [6.45, 7) is 3.20. The van der Waals surface area contributed by atoms with Gasteiger partial charge in [-0.25, -0.2) is 8.42 Å². The van der Waals surface area contributed by atoms with Crippen molar-refractivity contribution >= 4 is 10.0 Å². The molecule has 2 rings (SSSR count). The van der Waals surface area contributed by atoms with Gasteiger partial charge in [0.05, 0.1) is 5.75 Å². The molecule has 0 bridgehead atoms. The van der Waals surface area contributed by atoms with Crippen LogP contribution in [0.1, 0.15) is 26.2 Å². The van der Waals surface area contributed by atoms with Gasteiger partial charge >= 0.3 is 0 Å². The van der Waals surface area contributed by atoms with Crippen molar-refractivity contribution in [3.63, 3.8) is 0 Å². The third-order valence-corrected chi connectivity index (χ3v) is 5.63. The topological polar surface area (TPSA) is 63.4 Å². The smallest absolute Gasteiger partial charge is 0.214 e. The van der Waals surface area contributed by atoms with Crippen molar-refractivity contribution in [2.45, 2.75) is 32.2 Å². The van der Waals surface area contributed by atoms with Crippen molar-refractivity contribution in [3.05, 3.63) is 0 Å². The largest absolute Gasteiger partial charge is 0.329 e. The predicted molar refractivity (Wildman–Crippen MR) is 59.8 cm³/mol. The molecule has 15 heavy (non-hydrogen) atoms. The first-order valence-corrected chi connectivity index (χ1v) is 7.35. The van der Waals surface area contributed by atoms with Gasteiger partial charge in [-0.1, -0.05) is 6.92 Å². The average molecular weight is 232 g/mol. The molecule has 0 aromatic heterocycles. The summed E-state index contributed by atoms with van der Waals surface area (Å²) >= 11 is 0. The standard InChI is InChI=1S/C10H20N2O2S/c1-8-4-5-12(10(8)6-11)15(13,14)7-9-2-3-9/h8-10H,2-7,11H2,1H3. The van der Waals surface area contributed by atoms with Crippen LogP contribution < -0.4 is 5.73 Å². The van der Waals surface area contributed by atoms with Gasteiger partial charge in [0.15, 0.2) is 0 Å². The van der Waals surface area contributed by atoms with E-state index >= 15 is 0 Å². The van der Waals surface area contributed by atoms with Crippen LogP contribution in [0.3, 0.4) is 0 Å². The molecule has 2 N–H and O–H groups in total. The molecule has 2 atom stereocenters. The first-order valence-electron chi connectivity index (χ1n) is 5.74. The van der Waals surface area contributed by atoms with Gasteiger partial charge < -0.3 is 5.73 Å². The van der Waals surface area contributed by atoms with E-state index in [-0.39, 0.29) is 6.04 Å². The van der Waals surface area contributed by atoms with E-state index < -0.39 is 10.0 Å². The van der Waals surface area contributed by atoms with Gasteiger partial charge in [0.1, 0.15) is 0 Å².